The molecular formula is C19H19N3O3S. The largest absolute Gasteiger partial charge is 0.493 e. The second-order valence-corrected chi connectivity index (χ2v) is 6.82. The summed E-state index contributed by atoms with van der Waals surface area (Å²) in [6, 6.07) is 5.42. The van der Waals surface area contributed by atoms with Gasteiger partial charge in [0, 0.05) is 4.88 Å². The number of hydrogen-bond acceptors (Lipinski definition) is 6. The fourth-order valence-corrected chi connectivity index (χ4v) is 3.46. The lowest BCUT2D eigenvalue weighted by molar-refractivity contribution is 0.326. The molecule has 0 bridgehead atoms. The van der Waals surface area contributed by atoms with Gasteiger partial charge in [-0.2, -0.15) is 9.78 Å². The second kappa shape index (κ2) is 7.53. The lowest BCUT2D eigenvalue weighted by Gasteiger charge is -2.09. The maximum atomic E-state index is 12.6. The van der Waals surface area contributed by atoms with E-state index in [4.69, 9.17) is 9.47 Å². The van der Waals surface area contributed by atoms with Crippen LogP contribution in [-0.4, -0.2) is 29.6 Å². The summed E-state index contributed by atoms with van der Waals surface area (Å²) < 4.78 is 12.1. The Morgan fingerprint density at radius 1 is 1.35 bits per heavy atom. The molecule has 2 aromatic heterocycles. The molecule has 0 unspecified atom stereocenters. The van der Waals surface area contributed by atoms with Crippen LogP contribution >= 0.6 is 11.3 Å². The van der Waals surface area contributed by atoms with Gasteiger partial charge in [-0.05, 0) is 43.2 Å². The van der Waals surface area contributed by atoms with Gasteiger partial charge in [0.1, 0.15) is 17.8 Å². The van der Waals surface area contributed by atoms with Crippen molar-refractivity contribution in [3.05, 3.63) is 63.5 Å². The van der Waals surface area contributed by atoms with E-state index in [2.05, 4.69) is 16.7 Å². The summed E-state index contributed by atoms with van der Waals surface area (Å²) in [6.45, 7) is 7.93. The molecule has 0 radical (unpaired) electrons. The zero-order valence-corrected chi connectivity index (χ0v) is 15.7. The number of hydrogen-bond donors (Lipinski definition) is 0. The Kier molecular flexibility index (Phi) is 5.18. The summed E-state index contributed by atoms with van der Waals surface area (Å²) in [5.74, 6) is 1.20. The molecule has 0 N–H and O–H groups in total. The molecule has 0 aliphatic rings. The van der Waals surface area contributed by atoms with Gasteiger partial charge in [-0.25, -0.2) is 4.98 Å². The maximum Gasteiger partial charge on any atom is 0.282 e. The highest BCUT2D eigenvalue weighted by molar-refractivity contribution is 7.18. The number of benzene rings is 1. The molecule has 7 heteroatoms. The van der Waals surface area contributed by atoms with Gasteiger partial charge in [0.15, 0.2) is 11.5 Å². The highest BCUT2D eigenvalue weighted by Gasteiger charge is 2.11. The van der Waals surface area contributed by atoms with Crippen molar-refractivity contribution in [1.82, 2.24) is 9.66 Å². The van der Waals surface area contributed by atoms with Crippen LogP contribution in [0.5, 0.6) is 11.5 Å². The normalized spacial score (nSPS) is 11.2. The minimum atomic E-state index is -0.175. The number of fused-ring (bicyclic) bond motifs is 1. The van der Waals surface area contributed by atoms with Gasteiger partial charge >= 0.3 is 0 Å². The molecule has 0 spiro atoms. The Morgan fingerprint density at radius 3 is 2.88 bits per heavy atom. The standard InChI is InChI=1S/C19H19N3O3S/c1-5-8-25-15-7-6-14(9-16(15)24-4)10-21-22-11-20-18-17(19(22)23)12(2)13(3)26-18/h5-7,9-11H,1,8H2,2-4H3/b21-10+. The van der Waals surface area contributed by atoms with E-state index in [0.717, 1.165) is 20.8 Å². The SMILES string of the molecule is C=CCOc1ccc(/C=N/n2cnc3sc(C)c(C)c3c2=O)cc1OC. The van der Waals surface area contributed by atoms with Crippen LogP contribution < -0.4 is 15.0 Å². The Morgan fingerprint density at radius 2 is 2.15 bits per heavy atom. The number of methoxy groups -OCH3 is 1. The topological polar surface area (TPSA) is 65.7 Å². The zero-order chi connectivity index (χ0) is 18.7. The summed E-state index contributed by atoms with van der Waals surface area (Å²) in [7, 11) is 1.57. The van der Waals surface area contributed by atoms with E-state index >= 15 is 0 Å². The first-order valence-corrected chi connectivity index (χ1v) is 8.80. The van der Waals surface area contributed by atoms with Crippen molar-refractivity contribution < 1.29 is 9.47 Å². The van der Waals surface area contributed by atoms with E-state index in [-0.39, 0.29) is 5.56 Å². The van der Waals surface area contributed by atoms with Crippen LogP contribution in [0.15, 0.2) is 47.1 Å². The highest BCUT2D eigenvalue weighted by Crippen LogP contribution is 2.28. The first-order chi connectivity index (χ1) is 12.5. The molecule has 0 fully saturated rings. The van der Waals surface area contributed by atoms with E-state index < -0.39 is 0 Å². The molecule has 0 amide bonds. The van der Waals surface area contributed by atoms with Crippen molar-refractivity contribution >= 4 is 27.8 Å². The monoisotopic (exact) mass is 369 g/mol. The quantitative estimate of drug-likeness (QED) is 0.492. The Balaban J connectivity index is 1.94. The number of nitrogens with zero attached hydrogens (tertiary/aromatic N) is 3. The second-order valence-electron chi connectivity index (χ2n) is 5.61. The molecular weight excluding hydrogens is 350 g/mol. The third kappa shape index (κ3) is 3.39. The Bertz CT molecular complexity index is 1050. The van der Waals surface area contributed by atoms with Crippen molar-refractivity contribution in [2.24, 2.45) is 5.10 Å². The van der Waals surface area contributed by atoms with E-state index in [0.29, 0.717) is 23.5 Å². The number of rotatable bonds is 6. The molecule has 0 atom stereocenters. The minimum absolute atomic E-state index is 0.175. The van der Waals surface area contributed by atoms with Gasteiger partial charge in [-0.15, -0.1) is 11.3 Å². The van der Waals surface area contributed by atoms with Crippen LogP contribution in [0.3, 0.4) is 0 Å². The fraction of sp³-hybridized carbons (Fsp3) is 0.211. The predicted molar refractivity (Wildman–Crippen MR) is 105 cm³/mol. The van der Waals surface area contributed by atoms with Gasteiger partial charge in [0.05, 0.1) is 18.7 Å². The molecule has 3 aromatic rings. The summed E-state index contributed by atoms with van der Waals surface area (Å²) in [5.41, 5.74) is 1.56. The van der Waals surface area contributed by atoms with Gasteiger partial charge < -0.3 is 9.47 Å². The summed E-state index contributed by atoms with van der Waals surface area (Å²) >= 11 is 1.52. The smallest absolute Gasteiger partial charge is 0.282 e. The van der Waals surface area contributed by atoms with Crippen LogP contribution in [0.1, 0.15) is 16.0 Å². The average molecular weight is 369 g/mol. The number of aromatic nitrogens is 2. The first kappa shape index (κ1) is 17.9. The van der Waals surface area contributed by atoms with Crippen LogP contribution in [0, 0.1) is 13.8 Å². The molecule has 0 saturated carbocycles. The van der Waals surface area contributed by atoms with Gasteiger partial charge in [0.2, 0.25) is 0 Å². The lowest BCUT2D eigenvalue weighted by Crippen LogP contribution is -2.16. The number of ether oxygens (including phenoxy) is 2. The molecule has 2 heterocycles. The molecule has 3 rings (SSSR count). The van der Waals surface area contributed by atoms with Crippen LogP contribution in [0.4, 0.5) is 0 Å². The fourth-order valence-electron chi connectivity index (χ4n) is 2.47. The zero-order valence-electron chi connectivity index (χ0n) is 14.9. The number of thiophene rings is 1. The summed E-state index contributed by atoms with van der Waals surface area (Å²) in [5, 5.41) is 4.88. The van der Waals surface area contributed by atoms with E-state index in [1.165, 1.54) is 22.3 Å². The molecule has 0 aliphatic heterocycles. The van der Waals surface area contributed by atoms with E-state index in [1.807, 2.05) is 19.9 Å². The van der Waals surface area contributed by atoms with Crippen molar-refractivity contribution in [3.8, 4) is 11.5 Å². The minimum Gasteiger partial charge on any atom is -0.493 e. The van der Waals surface area contributed by atoms with Gasteiger partial charge in [0.25, 0.3) is 5.56 Å². The molecule has 1 aromatic carbocycles. The van der Waals surface area contributed by atoms with Crippen molar-refractivity contribution in [1.29, 1.82) is 0 Å². The first-order valence-electron chi connectivity index (χ1n) is 7.98. The molecule has 134 valence electrons. The third-order valence-electron chi connectivity index (χ3n) is 3.95. The van der Waals surface area contributed by atoms with Crippen molar-refractivity contribution in [3.63, 3.8) is 0 Å². The van der Waals surface area contributed by atoms with Crippen molar-refractivity contribution in [2.75, 3.05) is 13.7 Å². The average Bonchev–Trinajstić information content (AvgIpc) is 2.94. The Labute approximate surface area is 155 Å². The lowest BCUT2D eigenvalue weighted by atomic mass is 10.2. The number of aryl methyl sites for hydroxylation is 2. The maximum absolute atomic E-state index is 12.6. The van der Waals surface area contributed by atoms with E-state index in [1.54, 1.807) is 31.5 Å². The predicted octanol–water partition coefficient (Wildman–Crippen LogP) is 3.53. The Hall–Kier alpha value is -2.93. The van der Waals surface area contributed by atoms with E-state index in [9.17, 15) is 4.79 Å². The van der Waals surface area contributed by atoms with Gasteiger partial charge in [-0.3, -0.25) is 4.79 Å². The molecule has 26 heavy (non-hydrogen) atoms. The highest BCUT2D eigenvalue weighted by atomic mass is 32.1. The van der Waals surface area contributed by atoms with Crippen LogP contribution in [0.2, 0.25) is 0 Å². The van der Waals surface area contributed by atoms with Crippen LogP contribution in [-0.2, 0) is 0 Å². The van der Waals surface area contributed by atoms with Crippen molar-refractivity contribution in [2.45, 2.75) is 13.8 Å². The molecule has 0 aliphatic carbocycles. The van der Waals surface area contributed by atoms with Gasteiger partial charge in [-0.1, -0.05) is 12.7 Å². The summed E-state index contributed by atoms with van der Waals surface area (Å²) in [6.07, 6.45) is 4.69. The third-order valence-corrected chi connectivity index (χ3v) is 5.06. The van der Waals surface area contributed by atoms with Crippen LogP contribution in [0.25, 0.3) is 10.2 Å². The molecule has 6 nitrogen and oxygen atoms in total. The molecule has 0 saturated heterocycles. The summed E-state index contributed by atoms with van der Waals surface area (Å²) in [4.78, 5) is 18.8.